The third-order valence-electron chi connectivity index (χ3n) is 3.45. The lowest BCUT2D eigenvalue weighted by atomic mass is 10.2. The van der Waals surface area contributed by atoms with E-state index in [4.69, 9.17) is 0 Å². The van der Waals surface area contributed by atoms with Crippen molar-refractivity contribution < 1.29 is 9.72 Å². The number of nitro benzene ring substituents is 1. The number of nitrogens with zero attached hydrogens (tertiary/aromatic N) is 2. The molecule has 7 heteroatoms. The maximum atomic E-state index is 12.1. The van der Waals surface area contributed by atoms with Gasteiger partial charge in [-0.2, -0.15) is 0 Å². The first kappa shape index (κ1) is 15.2. The van der Waals surface area contributed by atoms with Gasteiger partial charge in [-0.1, -0.05) is 12.1 Å². The van der Waals surface area contributed by atoms with E-state index in [-0.39, 0.29) is 11.6 Å². The minimum absolute atomic E-state index is 0.0314. The summed E-state index contributed by atoms with van der Waals surface area (Å²) in [6.07, 6.45) is 1.30. The largest absolute Gasteiger partial charge is 0.379 e. The molecule has 0 saturated carbocycles. The highest BCUT2D eigenvalue weighted by Crippen LogP contribution is 2.22. The molecule has 0 aromatic heterocycles. The Hall–Kier alpha value is -2.15. The molecule has 1 amide bonds. The summed E-state index contributed by atoms with van der Waals surface area (Å²) in [6, 6.07) is 6.46. The van der Waals surface area contributed by atoms with Crippen LogP contribution in [-0.2, 0) is 4.79 Å². The van der Waals surface area contributed by atoms with Gasteiger partial charge in [-0.15, -0.1) is 0 Å². The molecule has 7 nitrogen and oxygen atoms in total. The van der Waals surface area contributed by atoms with Gasteiger partial charge < -0.3 is 15.5 Å². The molecule has 114 valence electrons. The Balaban J connectivity index is 1.83. The molecule has 0 atom stereocenters. The molecule has 0 aliphatic carbocycles. The zero-order valence-corrected chi connectivity index (χ0v) is 11.9. The maximum Gasteiger partial charge on any atom is 0.292 e. The molecular weight excluding hydrogens is 272 g/mol. The first-order valence-corrected chi connectivity index (χ1v) is 7.14. The van der Waals surface area contributed by atoms with Crippen molar-refractivity contribution in [3.8, 4) is 0 Å². The normalized spacial score (nSPS) is 15.3. The molecule has 1 aromatic carbocycles. The van der Waals surface area contributed by atoms with Crippen LogP contribution in [0.25, 0.3) is 0 Å². The molecule has 0 radical (unpaired) electrons. The van der Waals surface area contributed by atoms with Crippen LogP contribution in [0, 0.1) is 10.1 Å². The summed E-state index contributed by atoms with van der Waals surface area (Å²) in [5.41, 5.74) is 0.483. The zero-order chi connectivity index (χ0) is 15.1. The minimum Gasteiger partial charge on any atom is -0.379 e. The molecule has 1 heterocycles. The zero-order valence-electron chi connectivity index (χ0n) is 11.9. The maximum absolute atomic E-state index is 12.1. The fraction of sp³-hybridized carbons (Fsp3) is 0.500. The lowest BCUT2D eigenvalue weighted by molar-refractivity contribution is -0.384. The van der Waals surface area contributed by atoms with Crippen LogP contribution in [0.2, 0.25) is 0 Å². The number of anilines is 1. The van der Waals surface area contributed by atoms with E-state index in [2.05, 4.69) is 10.6 Å². The second-order valence-corrected chi connectivity index (χ2v) is 4.94. The van der Waals surface area contributed by atoms with Crippen molar-refractivity contribution in [2.75, 3.05) is 38.0 Å². The molecule has 1 saturated heterocycles. The fourth-order valence-corrected chi connectivity index (χ4v) is 2.34. The molecule has 1 aliphatic heterocycles. The van der Waals surface area contributed by atoms with E-state index in [0.717, 1.165) is 32.6 Å². The Morgan fingerprint density at radius 2 is 2.14 bits per heavy atom. The number of carbonyl (C=O) groups excluding carboxylic acids is 1. The SMILES string of the molecule is O=C(CCNc1ccccc1[N+](=O)[O-])N1CCCNCC1. The number of amides is 1. The van der Waals surface area contributed by atoms with Gasteiger partial charge in [0, 0.05) is 38.7 Å². The van der Waals surface area contributed by atoms with E-state index in [1.54, 1.807) is 18.2 Å². The van der Waals surface area contributed by atoms with Crippen LogP contribution in [0.15, 0.2) is 24.3 Å². The summed E-state index contributed by atoms with van der Waals surface area (Å²) >= 11 is 0. The third-order valence-corrected chi connectivity index (χ3v) is 3.45. The minimum atomic E-state index is -0.426. The summed E-state index contributed by atoms with van der Waals surface area (Å²) in [5.74, 6) is 0.0878. The van der Waals surface area contributed by atoms with Gasteiger partial charge in [-0.25, -0.2) is 0 Å². The third kappa shape index (κ3) is 4.42. The average molecular weight is 292 g/mol. The van der Waals surface area contributed by atoms with Crippen LogP contribution >= 0.6 is 0 Å². The van der Waals surface area contributed by atoms with Crippen LogP contribution in [0.4, 0.5) is 11.4 Å². The molecule has 2 N–H and O–H groups in total. The van der Waals surface area contributed by atoms with Crippen LogP contribution < -0.4 is 10.6 Å². The van der Waals surface area contributed by atoms with Gasteiger partial charge in [-0.3, -0.25) is 14.9 Å². The monoisotopic (exact) mass is 292 g/mol. The first-order chi connectivity index (χ1) is 10.2. The standard InChI is InChI=1S/C14H20N4O3/c19-14(17-10-3-7-15-9-11-17)6-8-16-12-4-1-2-5-13(12)18(20)21/h1-2,4-5,15-16H,3,6-11H2. The van der Waals surface area contributed by atoms with Crippen molar-refractivity contribution in [2.24, 2.45) is 0 Å². The van der Waals surface area contributed by atoms with Crippen LogP contribution in [0.5, 0.6) is 0 Å². The molecule has 0 spiro atoms. The second-order valence-electron chi connectivity index (χ2n) is 4.94. The number of rotatable bonds is 5. The van der Waals surface area contributed by atoms with Crippen molar-refractivity contribution in [3.05, 3.63) is 34.4 Å². The molecule has 0 bridgehead atoms. The molecule has 21 heavy (non-hydrogen) atoms. The quantitative estimate of drug-likeness (QED) is 0.629. The lowest BCUT2D eigenvalue weighted by Crippen LogP contribution is -2.35. The van der Waals surface area contributed by atoms with Gasteiger partial charge in [0.15, 0.2) is 0 Å². The van der Waals surface area contributed by atoms with Gasteiger partial charge in [0.1, 0.15) is 5.69 Å². The number of benzene rings is 1. The summed E-state index contributed by atoms with van der Waals surface area (Å²) in [6.45, 7) is 3.66. The molecular formula is C14H20N4O3. The van der Waals surface area contributed by atoms with Gasteiger partial charge in [0.05, 0.1) is 4.92 Å². The van der Waals surface area contributed by atoms with E-state index in [1.165, 1.54) is 6.07 Å². The van der Waals surface area contributed by atoms with Gasteiger partial charge in [0.25, 0.3) is 5.69 Å². The van der Waals surface area contributed by atoms with E-state index in [9.17, 15) is 14.9 Å². The molecule has 0 unspecified atom stereocenters. The summed E-state index contributed by atoms with van der Waals surface area (Å²) in [7, 11) is 0. The van der Waals surface area contributed by atoms with Crippen molar-refractivity contribution in [3.63, 3.8) is 0 Å². The average Bonchev–Trinajstić information content (AvgIpc) is 2.76. The Kier molecular flexibility index (Phi) is 5.51. The number of hydrogen-bond acceptors (Lipinski definition) is 5. The smallest absolute Gasteiger partial charge is 0.292 e. The number of nitrogens with one attached hydrogen (secondary N) is 2. The lowest BCUT2D eigenvalue weighted by Gasteiger charge is -2.20. The van der Waals surface area contributed by atoms with E-state index < -0.39 is 4.92 Å². The Labute approximate surface area is 123 Å². The topological polar surface area (TPSA) is 87.5 Å². The Morgan fingerprint density at radius 3 is 2.95 bits per heavy atom. The molecule has 1 aromatic rings. The highest BCUT2D eigenvalue weighted by Gasteiger charge is 2.16. The van der Waals surface area contributed by atoms with Gasteiger partial charge in [-0.05, 0) is 19.0 Å². The van der Waals surface area contributed by atoms with E-state index >= 15 is 0 Å². The molecule has 1 fully saturated rings. The van der Waals surface area contributed by atoms with E-state index in [1.807, 2.05) is 4.90 Å². The Bertz CT molecular complexity index is 499. The summed E-state index contributed by atoms with van der Waals surface area (Å²) < 4.78 is 0. The van der Waals surface area contributed by atoms with Crippen molar-refractivity contribution >= 4 is 17.3 Å². The van der Waals surface area contributed by atoms with Gasteiger partial charge >= 0.3 is 0 Å². The van der Waals surface area contributed by atoms with Crippen molar-refractivity contribution in [1.29, 1.82) is 0 Å². The predicted octanol–water partition coefficient (Wildman–Crippen LogP) is 1.22. The molecule has 2 rings (SSSR count). The number of carbonyl (C=O) groups is 1. The predicted molar refractivity (Wildman–Crippen MR) is 80.3 cm³/mol. The number of hydrogen-bond donors (Lipinski definition) is 2. The Morgan fingerprint density at radius 1 is 1.33 bits per heavy atom. The van der Waals surface area contributed by atoms with E-state index in [0.29, 0.717) is 18.7 Å². The number of nitro groups is 1. The van der Waals surface area contributed by atoms with Crippen molar-refractivity contribution in [2.45, 2.75) is 12.8 Å². The fourth-order valence-electron chi connectivity index (χ4n) is 2.34. The van der Waals surface area contributed by atoms with Crippen LogP contribution in [0.3, 0.4) is 0 Å². The summed E-state index contributed by atoms with van der Waals surface area (Å²) in [4.78, 5) is 24.4. The highest BCUT2D eigenvalue weighted by molar-refractivity contribution is 5.77. The summed E-state index contributed by atoms with van der Waals surface area (Å²) in [5, 5.41) is 17.1. The van der Waals surface area contributed by atoms with Crippen LogP contribution in [0.1, 0.15) is 12.8 Å². The second kappa shape index (κ2) is 7.58. The van der Waals surface area contributed by atoms with Crippen LogP contribution in [-0.4, -0.2) is 48.5 Å². The highest BCUT2D eigenvalue weighted by atomic mass is 16.6. The molecule has 1 aliphatic rings. The van der Waals surface area contributed by atoms with Crippen molar-refractivity contribution in [1.82, 2.24) is 10.2 Å². The van der Waals surface area contributed by atoms with Gasteiger partial charge in [0.2, 0.25) is 5.91 Å². The number of para-hydroxylation sites is 2. The first-order valence-electron chi connectivity index (χ1n) is 7.14.